The Morgan fingerprint density at radius 1 is 1.25 bits per heavy atom. The van der Waals surface area contributed by atoms with Gasteiger partial charge in [-0.1, -0.05) is 25.5 Å². The third-order valence-electron chi connectivity index (χ3n) is 3.93. The van der Waals surface area contributed by atoms with Crippen molar-refractivity contribution in [2.75, 3.05) is 0 Å². The van der Waals surface area contributed by atoms with Gasteiger partial charge in [-0.25, -0.2) is 23.4 Å². The molecule has 8 heteroatoms. The number of rotatable bonds is 5. The van der Waals surface area contributed by atoms with Crippen molar-refractivity contribution < 1.29 is 8.42 Å². The van der Waals surface area contributed by atoms with Crippen LogP contribution < -0.4 is 10.8 Å². The van der Waals surface area contributed by atoms with Gasteiger partial charge < -0.3 is 0 Å². The van der Waals surface area contributed by atoms with Gasteiger partial charge in [-0.15, -0.1) is 0 Å². The first-order valence-corrected chi connectivity index (χ1v) is 9.18. The van der Waals surface area contributed by atoms with E-state index in [9.17, 15) is 13.2 Å². The lowest BCUT2D eigenvalue weighted by molar-refractivity contribution is 0.596. The van der Waals surface area contributed by atoms with E-state index in [2.05, 4.69) is 10.1 Å². The molecule has 24 heavy (non-hydrogen) atoms. The van der Waals surface area contributed by atoms with Gasteiger partial charge in [0.1, 0.15) is 0 Å². The number of nitrogens with zero attached hydrogens (tertiary/aromatic N) is 2. The molecule has 3 aromatic rings. The summed E-state index contributed by atoms with van der Waals surface area (Å²) < 4.78 is 25.5. The Kier molecular flexibility index (Phi) is 4.25. The largest absolute Gasteiger partial charge is 0.360 e. The summed E-state index contributed by atoms with van der Waals surface area (Å²) in [5.74, 6) is 0. The van der Waals surface area contributed by atoms with Crippen molar-refractivity contribution in [3.8, 4) is 11.3 Å². The normalized spacial score (nSPS) is 11.9. The fraction of sp³-hybridized carbons (Fsp3) is 0.250. The molecule has 3 N–H and O–H groups in total. The Hall–Kier alpha value is -2.45. The van der Waals surface area contributed by atoms with E-state index in [-0.39, 0.29) is 4.90 Å². The van der Waals surface area contributed by atoms with Crippen molar-refractivity contribution in [3.63, 3.8) is 0 Å². The van der Waals surface area contributed by atoms with Gasteiger partial charge in [0.25, 0.3) is 0 Å². The summed E-state index contributed by atoms with van der Waals surface area (Å²) in [4.78, 5) is 15.4. The fourth-order valence-electron chi connectivity index (χ4n) is 2.82. The zero-order chi connectivity index (χ0) is 17.3. The Balaban J connectivity index is 2.30. The fourth-order valence-corrected chi connectivity index (χ4v) is 3.64. The average Bonchev–Trinajstić information content (AvgIpc) is 2.94. The summed E-state index contributed by atoms with van der Waals surface area (Å²) in [6.45, 7) is 2.04. The first-order valence-electron chi connectivity index (χ1n) is 7.63. The quantitative estimate of drug-likeness (QED) is 0.732. The Bertz CT molecular complexity index is 1050. The lowest BCUT2D eigenvalue weighted by Gasteiger charge is -2.13. The molecule has 0 bridgehead atoms. The van der Waals surface area contributed by atoms with E-state index in [0.717, 1.165) is 18.4 Å². The number of nitrogens with one attached hydrogen (secondary N) is 1. The monoisotopic (exact) mass is 346 g/mol. The summed E-state index contributed by atoms with van der Waals surface area (Å²) in [5.41, 5.74) is 2.34. The molecule has 0 atom stereocenters. The highest BCUT2D eigenvalue weighted by Crippen LogP contribution is 2.30. The van der Waals surface area contributed by atoms with Crippen LogP contribution in [0.15, 0.2) is 46.2 Å². The lowest BCUT2D eigenvalue weighted by Crippen LogP contribution is -2.16. The Morgan fingerprint density at radius 2 is 2.04 bits per heavy atom. The van der Waals surface area contributed by atoms with Crippen LogP contribution in [0.25, 0.3) is 16.8 Å². The van der Waals surface area contributed by atoms with Crippen molar-refractivity contribution in [1.82, 2.24) is 14.6 Å². The molecule has 0 aliphatic carbocycles. The van der Waals surface area contributed by atoms with Crippen LogP contribution in [0.2, 0.25) is 0 Å². The van der Waals surface area contributed by atoms with Gasteiger partial charge in [0.2, 0.25) is 10.0 Å². The molecule has 126 valence electrons. The lowest BCUT2D eigenvalue weighted by atomic mass is 10.00. The maximum Gasteiger partial charge on any atom is 0.360 e. The number of H-pyrrole nitrogens is 1. The summed E-state index contributed by atoms with van der Waals surface area (Å²) in [6, 6.07) is 8.64. The number of benzene rings is 1. The first-order chi connectivity index (χ1) is 11.4. The summed E-state index contributed by atoms with van der Waals surface area (Å²) in [6.07, 6.45) is 3.81. The van der Waals surface area contributed by atoms with Gasteiger partial charge in [-0.05, 0) is 36.6 Å². The van der Waals surface area contributed by atoms with Crippen molar-refractivity contribution in [2.45, 2.75) is 31.1 Å². The van der Waals surface area contributed by atoms with Crippen LogP contribution >= 0.6 is 0 Å². The van der Waals surface area contributed by atoms with Gasteiger partial charge in [0, 0.05) is 5.56 Å². The molecule has 0 radical (unpaired) electrons. The number of hydrogen-bond donors (Lipinski definition) is 2. The molecular weight excluding hydrogens is 328 g/mol. The maximum absolute atomic E-state index is 12.0. The summed E-state index contributed by atoms with van der Waals surface area (Å²) in [5, 5.41) is 8.03. The van der Waals surface area contributed by atoms with E-state index >= 15 is 0 Å². The molecule has 0 unspecified atom stereocenters. The van der Waals surface area contributed by atoms with Crippen LogP contribution in [-0.2, 0) is 16.4 Å². The third-order valence-corrected chi connectivity index (χ3v) is 4.92. The van der Waals surface area contributed by atoms with Crippen LogP contribution in [0.5, 0.6) is 0 Å². The summed E-state index contributed by atoms with van der Waals surface area (Å²) in [7, 11) is -3.83. The Labute approximate surface area is 139 Å². The molecule has 2 heterocycles. The predicted octanol–water partition coefficient (Wildman–Crippen LogP) is 1.68. The molecule has 0 fully saturated rings. The summed E-state index contributed by atoms with van der Waals surface area (Å²) >= 11 is 0. The highest BCUT2D eigenvalue weighted by molar-refractivity contribution is 7.89. The van der Waals surface area contributed by atoms with Crippen LogP contribution in [0, 0.1) is 0 Å². The number of sulfonamides is 1. The smallest absolute Gasteiger partial charge is 0.250 e. The second-order valence-electron chi connectivity index (χ2n) is 5.58. The topological polar surface area (TPSA) is 110 Å². The van der Waals surface area contributed by atoms with Crippen LogP contribution in [0.3, 0.4) is 0 Å². The van der Waals surface area contributed by atoms with E-state index in [1.165, 1.54) is 12.3 Å². The zero-order valence-corrected chi connectivity index (χ0v) is 14.0. The maximum atomic E-state index is 12.0. The molecule has 0 aliphatic heterocycles. The number of nitrogens with two attached hydrogens (primary N) is 1. The second-order valence-corrected chi connectivity index (χ2v) is 7.11. The molecule has 0 saturated carbocycles. The van der Waals surface area contributed by atoms with Gasteiger partial charge in [0.05, 0.1) is 22.3 Å². The van der Waals surface area contributed by atoms with Crippen molar-refractivity contribution >= 4 is 15.5 Å². The molecule has 3 rings (SSSR count). The van der Waals surface area contributed by atoms with E-state index in [4.69, 9.17) is 5.14 Å². The SMILES string of the molecule is CCCCc1c(-c2ccc3cnc(=O)[nH]n23)cccc1S(N)(=O)=O. The van der Waals surface area contributed by atoms with Crippen molar-refractivity contribution in [3.05, 3.63) is 52.6 Å². The molecule has 1 aromatic carbocycles. The van der Waals surface area contributed by atoms with E-state index < -0.39 is 15.7 Å². The van der Waals surface area contributed by atoms with Gasteiger partial charge in [0.15, 0.2) is 0 Å². The van der Waals surface area contributed by atoms with Crippen molar-refractivity contribution in [1.29, 1.82) is 0 Å². The van der Waals surface area contributed by atoms with E-state index in [1.54, 1.807) is 10.6 Å². The van der Waals surface area contributed by atoms with Crippen LogP contribution in [0.4, 0.5) is 0 Å². The molecule has 2 aromatic heterocycles. The standard InChI is InChI=1S/C16H18N4O3S/c1-2-3-5-13-12(6-4-7-15(13)24(17,22)23)14-9-8-11-10-18-16(21)19-20(11)14/h4,6-10H,2-3,5H2,1H3,(H,19,21)(H2,17,22,23). The molecule has 0 saturated heterocycles. The van der Waals surface area contributed by atoms with E-state index in [0.29, 0.717) is 23.2 Å². The highest BCUT2D eigenvalue weighted by Gasteiger charge is 2.19. The van der Waals surface area contributed by atoms with Gasteiger partial charge >= 0.3 is 5.69 Å². The minimum absolute atomic E-state index is 0.125. The first kappa shape index (κ1) is 16.4. The Morgan fingerprint density at radius 3 is 2.75 bits per heavy atom. The number of primary sulfonamides is 1. The van der Waals surface area contributed by atoms with E-state index in [1.807, 2.05) is 25.1 Å². The van der Waals surface area contributed by atoms with Crippen molar-refractivity contribution in [2.24, 2.45) is 5.14 Å². The average molecular weight is 346 g/mol. The number of hydrogen-bond acceptors (Lipinski definition) is 4. The number of aromatic amines is 1. The minimum atomic E-state index is -3.83. The minimum Gasteiger partial charge on any atom is -0.250 e. The number of fused-ring (bicyclic) bond motifs is 1. The molecule has 0 aliphatic rings. The zero-order valence-electron chi connectivity index (χ0n) is 13.2. The molecule has 0 spiro atoms. The van der Waals surface area contributed by atoms with Crippen LogP contribution in [0.1, 0.15) is 25.3 Å². The molecule has 7 nitrogen and oxygen atoms in total. The van der Waals surface area contributed by atoms with Gasteiger partial charge in [-0.3, -0.25) is 4.52 Å². The number of unbranched alkanes of at least 4 members (excludes halogenated alkanes) is 1. The second kappa shape index (κ2) is 6.21. The highest BCUT2D eigenvalue weighted by atomic mass is 32.2. The number of aromatic nitrogens is 3. The van der Waals surface area contributed by atoms with Crippen LogP contribution in [-0.4, -0.2) is 23.0 Å². The molecule has 0 amide bonds. The predicted molar refractivity (Wildman–Crippen MR) is 91.2 cm³/mol. The molecular formula is C16H18N4O3S. The third kappa shape index (κ3) is 2.98. The van der Waals surface area contributed by atoms with Gasteiger partial charge in [-0.2, -0.15) is 4.98 Å².